The topological polar surface area (TPSA) is 28.1 Å². The van der Waals surface area contributed by atoms with Crippen LogP contribution < -0.4 is 0 Å². The molecule has 35 heavy (non-hydrogen) atoms. The van der Waals surface area contributed by atoms with Gasteiger partial charge in [0.2, 0.25) is 0 Å². The minimum atomic E-state index is -4.41. The Morgan fingerprint density at radius 2 is 1.37 bits per heavy atom. The summed E-state index contributed by atoms with van der Waals surface area (Å²) in [5.74, 6) is 0. The van der Waals surface area contributed by atoms with Gasteiger partial charge in [-0.2, -0.15) is 18.4 Å². The summed E-state index contributed by atoms with van der Waals surface area (Å²) in [6.45, 7) is 9.47. The van der Waals surface area contributed by atoms with Crippen molar-refractivity contribution in [3.05, 3.63) is 116 Å². The maximum Gasteiger partial charge on any atom is 0.416 e. The van der Waals surface area contributed by atoms with Gasteiger partial charge >= 0.3 is 6.18 Å². The highest BCUT2D eigenvalue weighted by atomic mass is 32.1. The molecule has 2 nitrogen and oxygen atoms in total. The molecule has 172 valence electrons. The van der Waals surface area contributed by atoms with E-state index in [4.69, 9.17) is 6.57 Å². The van der Waals surface area contributed by atoms with Crippen LogP contribution in [0, 0.1) is 24.8 Å². The summed E-state index contributed by atoms with van der Waals surface area (Å²) in [5, 5.41) is 9.60. The first-order valence-electron chi connectivity index (χ1n) is 10.4. The molecule has 0 saturated heterocycles. The molecule has 4 rings (SSSR count). The van der Waals surface area contributed by atoms with E-state index in [9.17, 15) is 18.4 Å². The van der Waals surface area contributed by atoms with E-state index >= 15 is 0 Å². The Bertz CT molecular complexity index is 1490. The van der Waals surface area contributed by atoms with Crippen LogP contribution in [0.3, 0.4) is 0 Å². The number of nitrogens with zero attached hydrogens (tertiary/aromatic N) is 2. The van der Waals surface area contributed by atoms with Crippen LogP contribution in [0.4, 0.5) is 13.2 Å². The van der Waals surface area contributed by atoms with Gasteiger partial charge in [-0.15, -0.1) is 22.7 Å². The predicted molar refractivity (Wildman–Crippen MR) is 138 cm³/mol. The molecular formula is C28H17F3N2S2. The lowest BCUT2D eigenvalue weighted by Gasteiger charge is -2.07. The zero-order valence-electron chi connectivity index (χ0n) is 18.4. The minimum absolute atomic E-state index is 0.277. The molecule has 0 aliphatic heterocycles. The van der Waals surface area contributed by atoms with Crippen molar-refractivity contribution in [3.8, 4) is 15.8 Å². The number of nitriles is 1. The second-order valence-corrected chi connectivity index (χ2v) is 9.89. The quantitative estimate of drug-likeness (QED) is 0.197. The van der Waals surface area contributed by atoms with Crippen molar-refractivity contribution in [2.45, 2.75) is 13.1 Å². The molecule has 0 aliphatic carbocycles. The summed E-state index contributed by atoms with van der Waals surface area (Å²) in [7, 11) is 0. The number of hydrogen-bond acceptors (Lipinski definition) is 3. The number of thiophene rings is 2. The SMILES string of the molecule is [C-]#[N+]/C(=C\c1ccc(-c2ccc(/C=C(\C#N)c3ccc(C)cc3)s2)s1)c1ccc(C(F)(F)F)cc1. The molecule has 0 bridgehead atoms. The molecule has 0 saturated carbocycles. The van der Waals surface area contributed by atoms with Crippen LogP contribution in [-0.2, 0) is 6.18 Å². The monoisotopic (exact) mass is 502 g/mol. The molecule has 0 N–H and O–H groups in total. The van der Waals surface area contributed by atoms with E-state index in [1.54, 1.807) is 17.4 Å². The summed E-state index contributed by atoms with van der Waals surface area (Å²) < 4.78 is 38.4. The zero-order valence-corrected chi connectivity index (χ0v) is 20.1. The molecule has 7 heteroatoms. The summed E-state index contributed by atoms with van der Waals surface area (Å²) in [5.41, 5.74) is 2.56. The van der Waals surface area contributed by atoms with Gasteiger partial charge in [0, 0.05) is 19.5 Å². The Kier molecular flexibility index (Phi) is 7.02. The average Bonchev–Trinajstić information content (AvgIpc) is 3.51. The molecule has 2 aromatic carbocycles. The van der Waals surface area contributed by atoms with E-state index in [2.05, 4.69) is 10.9 Å². The number of allylic oxidation sites excluding steroid dienone is 1. The van der Waals surface area contributed by atoms with Crippen molar-refractivity contribution >= 4 is 46.1 Å². The molecule has 0 spiro atoms. The van der Waals surface area contributed by atoms with E-state index in [0.717, 1.165) is 42.8 Å². The first kappa shape index (κ1) is 24.2. The smallest absolute Gasteiger partial charge is 0.237 e. The summed E-state index contributed by atoms with van der Waals surface area (Å²) >= 11 is 3.05. The van der Waals surface area contributed by atoms with Gasteiger partial charge in [0.25, 0.3) is 0 Å². The van der Waals surface area contributed by atoms with Crippen molar-refractivity contribution in [3.63, 3.8) is 0 Å². The number of halogens is 3. The van der Waals surface area contributed by atoms with Crippen LogP contribution >= 0.6 is 22.7 Å². The van der Waals surface area contributed by atoms with Gasteiger partial charge < -0.3 is 0 Å². The second-order valence-electron chi connectivity index (χ2n) is 7.66. The van der Waals surface area contributed by atoms with Crippen molar-refractivity contribution in [2.24, 2.45) is 0 Å². The fourth-order valence-corrected chi connectivity index (χ4v) is 5.31. The molecule has 0 fully saturated rings. The Labute approximate surface area is 209 Å². The summed E-state index contributed by atoms with van der Waals surface area (Å²) in [4.78, 5) is 7.32. The molecule has 0 radical (unpaired) electrons. The fourth-order valence-electron chi connectivity index (χ4n) is 3.33. The molecule has 0 amide bonds. The lowest BCUT2D eigenvalue weighted by atomic mass is 10.0. The van der Waals surface area contributed by atoms with Gasteiger partial charge in [-0.1, -0.05) is 54.1 Å². The molecular weight excluding hydrogens is 485 g/mol. The Morgan fingerprint density at radius 1 is 0.829 bits per heavy atom. The van der Waals surface area contributed by atoms with Crippen LogP contribution in [-0.4, -0.2) is 0 Å². The summed E-state index contributed by atoms with van der Waals surface area (Å²) in [6.07, 6.45) is -0.857. The van der Waals surface area contributed by atoms with Crippen LogP contribution in [0.5, 0.6) is 0 Å². The van der Waals surface area contributed by atoms with E-state index < -0.39 is 11.7 Å². The van der Waals surface area contributed by atoms with E-state index in [1.807, 2.05) is 61.5 Å². The first-order valence-corrected chi connectivity index (χ1v) is 12.1. The standard InChI is InChI=1S/C28H17F3N2S2/c1-18-3-5-19(6-4-18)21(17-32)15-23-11-13-26(34-23)27-14-12-24(35-27)16-25(33-2)20-7-9-22(10-8-20)28(29,30)31/h3-16H,1H3/b21-15+,25-16-. The number of benzene rings is 2. The first-order chi connectivity index (χ1) is 16.8. The van der Waals surface area contributed by atoms with E-state index in [-0.39, 0.29) is 5.70 Å². The fraction of sp³-hybridized carbons (Fsp3) is 0.0714. The number of alkyl halides is 3. The van der Waals surface area contributed by atoms with Crippen LogP contribution in [0.2, 0.25) is 0 Å². The minimum Gasteiger partial charge on any atom is -0.237 e. The summed E-state index contributed by atoms with van der Waals surface area (Å²) in [6, 6.07) is 22.5. The highest BCUT2D eigenvalue weighted by Gasteiger charge is 2.30. The second kappa shape index (κ2) is 10.1. The van der Waals surface area contributed by atoms with Gasteiger partial charge in [0.15, 0.2) is 5.70 Å². The molecule has 4 aromatic rings. The molecule has 0 unspecified atom stereocenters. The third-order valence-electron chi connectivity index (χ3n) is 5.17. The van der Waals surface area contributed by atoms with E-state index in [0.29, 0.717) is 11.1 Å². The lowest BCUT2D eigenvalue weighted by molar-refractivity contribution is -0.137. The van der Waals surface area contributed by atoms with Crippen molar-refractivity contribution in [1.29, 1.82) is 5.26 Å². The molecule has 2 aromatic heterocycles. The van der Waals surface area contributed by atoms with E-state index in [1.165, 1.54) is 23.5 Å². The highest BCUT2D eigenvalue weighted by Crippen LogP contribution is 2.37. The maximum atomic E-state index is 12.8. The maximum absolute atomic E-state index is 12.8. The number of aryl methyl sites for hydroxylation is 1. The van der Waals surface area contributed by atoms with Gasteiger partial charge in [-0.3, -0.25) is 0 Å². The largest absolute Gasteiger partial charge is 0.416 e. The predicted octanol–water partition coefficient (Wildman–Crippen LogP) is 9.29. The molecule has 0 aliphatic rings. The Balaban J connectivity index is 1.56. The van der Waals surface area contributed by atoms with Crippen molar-refractivity contribution in [1.82, 2.24) is 0 Å². The Hall–Kier alpha value is -3.91. The lowest BCUT2D eigenvalue weighted by Crippen LogP contribution is -2.04. The molecule has 0 atom stereocenters. The average molecular weight is 503 g/mol. The number of rotatable bonds is 5. The number of hydrogen-bond donors (Lipinski definition) is 0. The van der Waals surface area contributed by atoms with Gasteiger partial charge in [0.05, 0.1) is 23.8 Å². The normalized spacial score (nSPS) is 12.3. The van der Waals surface area contributed by atoms with Gasteiger partial charge in [-0.05, 0) is 54.5 Å². The van der Waals surface area contributed by atoms with Gasteiger partial charge in [0.1, 0.15) is 0 Å². The van der Waals surface area contributed by atoms with Crippen LogP contribution in [0.25, 0.3) is 38.0 Å². The third kappa shape index (κ3) is 5.78. The van der Waals surface area contributed by atoms with Crippen LogP contribution in [0.1, 0.15) is 32.0 Å². The van der Waals surface area contributed by atoms with Crippen molar-refractivity contribution < 1.29 is 13.2 Å². The molecule has 2 heterocycles. The van der Waals surface area contributed by atoms with Crippen LogP contribution in [0.15, 0.2) is 72.8 Å². The highest BCUT2D eigenvalue weighted by molar-refractivity contribution is 7.23. The third-order valence-corrected chi connectivity index (χ3v) is 7.43. The van der Waals surface area contributed by atoms with Crippen molar-refractivity contribution in [2.75, 3.05) is 0 Å². The van der Waals surface area contributed by atoms with Gasteiger partial charge in [-0.25, -0.2) is 4.85 Å². The zero-order chi connectivity index (χ0) is 25.0. The Morgan fingerprint density at radius 3 is 1.89 bits per heavy atom.